The SMILES string of the molecule is CC(C)NC(CN(C)C)C(N)=O. The summed E-state index contributed by atoms with van der Waals surface area (Å²) in [6.45, 7) is 4.63. The molecule has 0 bridgehead atoms. The highest BCUT2D eigenvalue weighted by molar-refractivity contribution is 5.80. The Morgan fingerprint density at radius 2 is 2.00 bits per heavy atom. The fourth-order valence-corrected chi connectivity index (χ4v) is 0.992. The predicted molar refractivity (Wildman–Crippen MR) is 49.8 cm³/mol. The second-order valence-electron chi connectivity index (χ2n) is 3.54. The van der Waals surface area contributed by atoms with Crippen LogP contribution in [0.5, 0.6) is 0 Å². The number of nitrogens with one attached hydrogen (secondary N) is 1. The molecule has 12 heavy (non-hydrogen) atoms. The summed E-state index contributed by atoms with van der Waals surface area (Å²) in [5.74, 6) is -0.294. The summed E-state index contributed by atoms with van der Waals surface area (Å²) in [6.07, 6.45) is 0. The van der Waals surface area contributed by atoms with Crippen LogP contribution in [0.1, 0.15) is 13.8 Å². The number of rotatable bonds is 5. The third-order valence-electron chi connectivity index (χ3n) is 1.43. The smallest absolute Gasteiger partial charge is 0.235 e. The van der Waals surface area contributed by atoms with Crippen LogP contribution in [0, 0.1) is 0 Å². The zero-order valence-electron chi connectivity index (χ0n) is 8.29. The lowest BCUT2D eigenvalue weighted by atomic mass is 10.2. The normalized spacial score (nSPS) is 13.8. The molecule has 1 atom stereocenters. The van der Waals surface area contributed by atoms with Crippen LogP contribution in [0.4, 0.5) is 0 Å². The van der Waals surface area contributed by atoms with Crippen molar-refractivity contribution in [1.29, 1.82) is 0 Å². The van der Waals surface area contributed by atoms with E-state index in [-0.39, 0.29) is 18.0 Å². The van der Waals surface area contributed by atoms with Gasteiger partial charge in [-0.25, -0.2) is 0 Å². The van der Waals surface area contributed by atoms with Crippen molar-refractivity contribution in [2.45, 2.75) is 25.9 Å². The van der Waals surface area contributed by atoms with Gasteiger partial charge in [0.25, 0.3) is 0 Å². The van der Waals surface area contributed by atoms with Gasteiger partial charge >= 0.3 is 0 Å². The lowest BCUT2D eigenvalue weighted by Crippen LogP contribution is -2.49. The van der Waals surface area contributed by atoms with Gasteiger partial charge in [-0.15, -0.1) is 0 Å². The van der Waals surface area contributed by atoms with Crippen molar-refractivity contribution < 1.29 is 4.79 Å². The fraction of sp³-hybridized carbons (Fsp3) is 0.875. The van der Waals surface area contributed by atoms with Crippen LogP contribution in [0.3, 0.4) is 0 Å². The molecule has 72 valence electrons. The first-order valence-corrected chi connectivity index (χ1v) is 4.13. The molecule has 0 aromatic heterocycles. The van der Waals surface area contributed by atoms with E-state index in [4.69, 9.17) is 5.73 Å². The zero-order chi connectivity index (χ0) is 9.72. The lowest BCUT2D eigenvalue weighted by molar-refractivity contribution is -0.120. The maximum Gasteiger partial charge on any atom is 0.235 e. The highest BCUT2D eigenvalue weighted by Crippen LogP contribution is 1.89. The molecule has 0 rings (SSSR count). The van der Waals surface area contributed by atoms with Gasteiger partial charge in [0, 0.05) is 12.6 Å². The highest BCUT2D eigenvalue weighted by Gasteiger charge is 2.16. The van der Waals surface area contributed by atoms with Gasteiger partial charge in [0.1, 0.15) is 0 Å². The molecule has 0 radical (unpaired) electrons. The molecule has 0 aromatic carbocycles. The molecule has 3 N–H and O–H groups in total. The Labute approximate surface area is 74.1 Å². The molecule has 0 aliphatic rings. The minimum absolute atomic E-state index is 0.250. The van der Waals surface area contributed by atoms with Gasteiger partial charge < -0.3 is 16.0 Å². The monoisotopic (exact) mass is 173 g/mol. The molecule has 0 spiro atoms. The Bertz CT molecular complexity index is 135. The standard InChI is InChI=1S/C8H19N3O/c1-6(2)10-7(8(9)12)5-11(3)4/h6-7,10H,5H2,1-4H3,(H2,9,12). The number of nitrogens with two attached hydrogens (primary N) is 1. The number of hydrogen-bond acceptors (Lipinski definition) is 3. The van der Waals surface area contributed by atoms with Gasteiger partial charge in [-0.3, -0.25) is 4.79 Å². The predicted octanol–water partition coefficient (Wildman–Crippen LogP) is -0.600. The summed E-state index contributed by atoms with van der Waals surface area (Å²) in [5.41, 5.74) is 5.21. The van der Waals surface area contributed by atoms with Crippen molar-refractivity contribution >= 4 is 5.91 Å². The van der Waals surface area contributed by atoms with E-state index in [9.17, 15) is 4.79 Å². The molecule has 1 unspecified atom stereocenters. The summed E-state index contributed by atoms with van der Waals surface area (Å²) in [7, 11) is 3.83. The Hall–Kier alpha value is -0.610. The van der Waals surface area contributed by atoms with Crippen LogP contribution in [0.2, 0.25) is 0 Å². The van der Waals surface area contributed by atoms with E-state index in [0.717, 1.165) is 0 Å². The summed E-state index contributed by atoms with van der Waals surface area (Å²) < 4.78 is 0. The number of carbonyl (C=O) groups excluding carboxylic acids is 1. The molecular weight excluding hydrogens is 154 g/mol. The molecule has 0 saturated heterocycles. The third kappa shape index (κ3) is 5.09. The van der Waals surface area contributed by atoms with Crippen LogP contribution in [0.25, 0.3) is 0 Å². The van der Waals surface area contributed by atoms with Crippen molar-refractivity contribution in [3.8, 4) is 0 Å². The second kappa shape index (κ2) is 5.11. The van der Waals surface area contributed by atoms with Crippen LogP contribution in [-0.2, 0) is 4.79 Å². The maximum absolute atomic E-state index is 10.9. The highest BCUT2D eigenvalue weighted by atomic mass is 16.1. The van der Waals surface area contributed by atoms with E-state index in [1.807, 2.05) is 32.8 Å². The molecule has 0 aliphatic carbocycles. The molecule has 0 aromatic rings. The van der Waals surface area contributed by atoms with Crippen LogP contribution >= 0.6 is 0 Å². The quantitative estimate of drug-likeness (QED) is 0.583. The summed E-state index contributed by atoms with van der Waals surface area (Å²) >= 11 is 0. The van der Waals surface area contributed by atoms with Crippen LogP contribution in [-0.4, -0.2) is 43.5 Å². The molecular formula is C8H19N3O. The summed E-state index contributed by atoms with van der Waals surface area (Å²) in [4.78, 5) is 12.8. The van der Waals surface area contributed by atoms with Gasteiger partial charge in [0.2, 0.25) is 5.91 Å². The first kappa shape index (κ1) is 11.4. The second-order valence-corrected chi connectivity index (χ2v) is 3.54. The number of carbonyl (C=O) groups is 1. The Morgan fingerprint density at radius 1 is 1.50 bits per heavy atom. The average molecular weight is 173 g/mol. The Kier molecular flexibility index (Phi) is 4.85. The van der Waals surface area contributed by atoms with E-state index < -0.39 is 0 Å². The minimum Gasteiger partial charge on any atom is -0.368 e. The Balaban J connectivity index is 3.96. The first-order valence-electron chi connectivity index (χ1n) is 4.13. The molecule has 0 saturated carbocycles. The lowest BCUT2D eigenvalue weighted by Gasteiger charge is -2.21. The van der Waals surface area contributed by atoms with E-state index in [0.29, 0.717) is 6.54 Å². The third-order valence-corrected chi connectivity index (χ3v) is 1.43. The van der Waals surface area contributed by atoms with Gasteiger partial charge in [0.05, 0.1) is 6.04 Å². The van der Waals surface area contributed by atoms with E-state index in [2.05, 4.69) is 5.32 Å². The van der Waals surface area contributed by atoms with Crippen molar-refractivity contribution in [2.24, 2.45) is 5.73 Å². The van der Waals surface area contributed by atoms with E-state index in [1.165, 1.54) is 0 Å². The van der Waals surface area contributed by atoms with Gasteiger partial charge in [-0.2, -0.15) is 0 Å². The number of amides is 1. The fourth-order valence-electron chi connectivity index (χ4n) is 0.992. The molecule has 1 amide bonds. The number of likely N-dealkylation sites (N-methyl/N-ethyl adjacent to an activating group) is 1. The van der Waals surface area contributed by atoms with Crippen molar-refractivity contribution in [2.75, 3.05) is 20.6 Å². The topological polar surface area (TPSA) is 58.4 Å². The van der Waals surface area contributed by atoms with Crippen LogP contribution in [0.15, 0.2) is 0 Å². The molecule has 0 heterocycles. The van der Waals surface area contributed by atoms with Crippen molar-refractivity contribution in [3.05, 3.63) is 0 Å². The first-order chi connectivity index (χ1) is 5.43. The zero-order valence-corrected chi connectivity index (χ0v) is 8.29. The molecule has 0 fully saturated rings. The number of hydrogen-bond donors (Lipinski definition) is 2. The largest absolute Gasteiger partial charge is 0.368 e. The molecule has 4 heteroatoms. The van der Waals surface area contributed by atoms with Crippen molar-refractivity contribution in [1.82, 2.24) is 10.2 Å². The maximum atomic E-state index is 10.9. The molecule has 4 nitrogen and oxygen atoms in total. The van der Waals surface area contributed by atoms with E-state index in [1.54, 1.807) is 0 Å². The molecule has 0 aliphatic heterocycles. The minimum atomic E-state index is -0.294. The summed E-state index contributed by atoms with van der Waals surface area (Å²) in [6, 6.07) is 0.0300. The number of nitrogens with zero attached hydrogens (tertiary/aromatic N) is 1. The van der Waals surface area contributed by atoms with Crippen molar-refractivity contribution in [3.63, 3.8) is 0 Å². The van der Waals surface area contributed by atoms with Crippen LogP contribution < -0.4 is 11.1 Å². The van der Waals surface area contributed by atoms with Gasteiger partial charge in [-0.1, -0.05) is 13.8 Å². The number of primary amides is 1. The average Bonchev–Trinajstić information content (AvgIpc) is 1.83. The Morgan fingerprint density at radius 3 is 2.25 bits per heavy atom. The van der Waals surface area contributed by atoms with E-state index >= 15 is 0 Å². The van der Waals surface area contributed by atoms with Gasteiger partial charge in [0.15, 0.2) is 0 Å². The van der Waals surface area contributed by atoms with Gasteiger partial charge in [-0.05, 0) is 14.1 Å². The summed E-state index contributed by atoms with van der Waals surface area (Å²) in [5, 5.41) is 3.09.